The highest BCUT2D eigenvalue weighted by molar-refractivity contribution is 8.00. The van der Waals surface area contributed by atoms with E-state index >= 15 is 0 Å². The van der Waals surface area contributed by atoms with Crippen molar-refractivity contribution in [3.63, 3.8) is 0 Å². The first-order valence-electron chi connectivity index (χ1n) is 16.3. The van der Waals surface area contributed by atoms with Crippen molar-refractivity contribution in [3.8, 4) is 0 Å². The highest BCUT2D eigenvalue weighted by Crippen LogP contribution is 2.33. The van der Waals surface area contributed by atoms with Gasteiger partial charge < -0.3 is 35.5 Å². The van der Waals surface area contributed by atoms with Gasteiger partial charge in [-0.05, 0) is 56.4 Å². The number of nitrogens with zero attached hydrogens (tertiary/aromatic N) is 1. The molecule has 0 bridgehead atoms. The minimum Gasteiger partial charge on any atom is -0.379 e. The average molecular weight is 662 g/mol. The summed E-state index contributed by atoms with van der Waals surface area (Å²) in [6.45, 7) is 5.66. The maximum atomic E-state index is 12.6. The van der Waals surface area contributed by atoms with Crippen molar-refractivity contribution in [2.45, 2.75) is 75.6 Å². The molecule has 4 rings (SSSR count). The van der Waals surface area contributed by atoms with Crippen molar-refractivity contribution >= 4 is 47.1 Å². The van der Waals surface area contributed by atoms with E-state index < -0.39 is 0 Å². The molecule has 3 fully saturated rings. The molecule has 3 saturated heterocycles. The molecule has 0 radical (unpaired) electrons. The number of carbonyl (C=O) groups is 5. The van der Waals surface area contributed by atoms with Crippen LogP contribution in [0.1, 0.15) is 67.3 Å². The number of ether oxygens (including phenoxy) is 3. The van der Waals surface area contributed by atoms with Gasteiger partial charge in [-0.3, -0.25) is 24.1 Å². The van der Waals surface area contributed by atoms with Crippen molar-refractivity contribution < 1.29 is 38.2 Å². The molecular formula is C32H47N5O8S. The van der Waals surface area contributed by atoms with E-state index in [4.69, 9.17) is 14.2 Å². The van der Waals surface area contributed by atoms with E-state index in [1.54, 1.807) is 18.2 Å². The molecule has 254 valence electrons. The molecule has 0 aliphatic carbocycles. The Hall–Kier alpha value is -3.20. The maximum Gasteiger partial charge on any atom is 0.315 e. The number of hydrogen-bond donors (Lipinski definition) is 4. The largest absolute Gasteiger partial charge is 0.379 e. The fraction of sp³-hybridized carbons (Fsp3) is 0.656. The highest BCUT2D eigenvalue weighted by atomic mass is 32.2. The Morgan fingerprint density at radius 3 is 2.20 bits per heavy atom. The fourth-order valence-corrected chi connectivity index (χ4v) is 7.22. The van der Waals surface area contributed by atoms with Gasteiger partial charge in [0.2, 0.25) is 17.7 Å². The molecule has 1 aromatic rings. The molecule has 0 saturated carbocycles. The van der Waals surface area contributed by atoms with E-state index in [-0.39, 0.29) is 54.6 Å². The van der Waals surface area contributed by atoms with E-state index in [9.17, 15) is 24.0 Å². The second kappa shape index (κ2) is 18.8. The SMILES string of the molecule is Cc1cc(C(=O)NCCCOCCOCCOCCCNC(=O)CCCCC2SCC3NC(=O)NC32)cc(N2C(=O)CCC2=O)c1. The summed E-state index contributed by atoms with van der Waals surface area (Å²) in [5.74, 6) is 0.262. The lowest BCUT2D eigenvalue weighted by molar-refractivity contribution is -0.122. The van der Waals surface area contributed by atoms with E-state index in [0.717, 1.165) is 41.9 Å². The number of thioether (sulfide) groups is 1. The van der Waals surface area contributed by atoms with Crippen LogP contribution in [0.3, 0.4) is 0 Å². The zero-order chi connectivity index (χ0) is 32.7. The topological polar surface area (TPSA) is 164 Å². The molecule has 3 aliphatic rings. The Balaban J connectivity index is 0.902. The molecule has 3 atom stereocenters. The normalized spacial score (nSPS) is 20.5. The second-order valence-corrected chi connectivity index (χ2v) is 13.0. The summed E-state index contributed by atoms with van der Waals surface area (Å²) < 4.78 is 16.6. The molecular weight excluding hydrogens is 614 g/mol. The average Bonchev–Trinajstić information content (AvgIpc) is 3.69. The number of amides is 6. The van der Waals surface area contributed by atoms with Gasteiger partial charge in [-0.2, -0.15) is 11.8 Å². The minimum atomic E-state index is -0.266. The third-order valence-corrected chi connectivity index (χ3v) is 9.51. The van der Waals surface area contributed by atoms with Gasteiger partial charge >= 0.3 is 6.03 Å². The summed E-state index contributed by atoms with van der Waals surface area (Å²) in [4.78, 5) is 61.4. The van der Waals surface area contributed by atoms with E-state index in [2.05, 4.69) is 21.3 Å². The standard InChI is InChI=1S/C32H47N5O8S/c1-22-18-23(20-24(19-22)37-28(39)8-9-29(37)40)31(41)34-11-5-13-44-15-17-45-16-14-43-12-4-10-33-27(38)7-3-2-6-26-30-25(21-46-26)35-32(42)36-30/h18-20,25-26,30H,2-17,21H2,1H3,(H,33,38)(H,34,41)(H2,35,36,42). The Bertz CT molecular complexity index is 1200. The number of aryl methyl sites for hydroxylation is 1. The molecule has 3 aliphatic heterocycles. The number of unbranched alkanes of at least 4 members (excludes halogenated alkanes) is 1. The summed E-state index contributed by atoms with van der Waals surface area (Å²) >= 11 is 1.90. The van der Waals surface area contributed by atoms with Crippen LogP contribution in [0.4, 0.5) is 10.5 Å². The summed E-state index contributed by atoms with van der Waals surface area (Å²) in [5.41, 5.74) is 1.64. The van der Waals surface area contributed by atoms with E-state index in [0.29, 0.717) is 82.1 Å². The van der Waals surface area contributed by atoms with Gasteiger partial charge in [0.1, 0.15) is 0 Å². The van der Waals surface area contributed by atoms with Crippen molar-refractivity contribution in [1.29, 1.82) is 0 Å². The molecule has 46 heavy (non-hydrogen) atoms. The smallest absolute Gasteiger partial charge is 0.315 e. The van der Waals surface area contributed by atoms with Crippen LogP contribution in [0, 0.1) is 6.92 Å². The first kappa shape index (κ1) is 35.7. The molecule has 3 unspecified atom stereocenters. The second-order valence-electron chi connectivity index (χ2n) is 11.7. The van der Waals surface area contributed by atoms with Crippen LogP contribution in [0.2, 0.25) is 0 Å². The fourth-order valence-electron chi connectivity index (χ4n) is 5.67. The molecule has 14 heteroatoms. The Labute approximate surface area is 274 Å². The summed E-state index contributed by atoms with van der Waals surface area (Å²) in [6, 6.07) is 5.43. The quantitative estimate of drug-likeness (QED) is 0.0877. The van der Waals surface area contributed by atoms with Gasteiger partial charge in [0.05, 0.1) is 44.2 Å². The molecule has 1 aromatic carbocycles. The van der Waals surface area contributed by atoms with Gasteiger partial charge in [-0.15, -0.1) is 0 Å². The van der Waals surface area contributed by atoms with Crippen molar-refractivity contribution in [3.05, 3.63) is 29.3 Å². The van der Waals surface area contributed by atoms with Crippen molar-refractivity contribution in [2.24, 2.45) is 0 Å². The Kier molecular flexibility index (Phi) is 14.6. The van der Waals surface area contributed by atoms with Gasteiger partial charge in [0.15, 0.2) is 0 Å². The lowest BCUT2D eigenvalue weighted by Gasteiger charge is -2.16. The van der Waals surface area contributed by atoms with Crippen LogP contribution in [-0.4, -0.2) is 105 Å². The monoisotopic (exact) mass is 661 g/mol. The van der Waals surface area contributed by atoms with Crippen LogP contribution in [0.25, 0.3) is 0 Å². The molecule has 13 nitrogen and oxygen atoms in total. The Morgan fingerprint density at radius 2 is 1.50 bits per heavy atom. The van der Waals surface area contributed by atoms with Crippen LogP contribution < -0.4 is 26.2 Å². The van der Waals surface area contributed by atoms with Crippen molar-refractivity contribution in [2.75, 3.05) is 63.4 Å². The third-order valence-electron chi connectivity index (χ3n) is 8.00. The Morgan fingerprint density at radius 1 is 0.848 bits per heavy atom. The van der Waals surface area contributed by atoms with Gasteiger partial charge in [-0.25, -0.2) is 4.79 Å². The van der Waals surface area contributed by atoms with Gasteiger partial charge in [-0.1, -0.05) is 6.42 Å². The predicted octanol–water partition coefficient (Wildman–Crippen LogP) is 2.05. The van der Waals surface area contributed by atoms with Gasteiger partial charge in [0.25, 0.3) is 5.91 Å². The molecule has 3 heterocycles. The molecule has 6 amide bonds. The first-order chi connectivity index (χ1) is 22.3. The highest BCUT2D eigenvalue weighted by Gasteiger charge is 2.42. The summed E-state index contributed by atoms with van der Waals surface area (Å²) in [6.07, 6.45) is 5.11. The molecule has 0 aromatic heterocycles. The number of carbonyl (C=O) groups excluding carboxylic acids is 5. The van der Waals surface area contributed by atoms with Crippen LogP contribution >= 0.6 is 11.8 Å². The molecule has 0 spiro atoms. The number of anilines is 1. The number of hydrogen-bond acceptors (Lipinski definition) is 9. The summed E-state index contributed by atoms with van der Waals surface area (Å²) in [5, 5.41) is 12.2. The number of fused-ring (bicyclic) bond motifs is 1. The number of urea groups is 1. The third kappa shape index (κ3) is 11.2. The van der Waals surface area contributed by atoms with E-state index in [1.807, 2.05) is 18.7 Å². The zero-order valence-corrected chi connectivity index (χ0v) is 27.4. The number of imide groups is 1. The molecule has 4 N–H and O–H groups in total. The van der Waals surface area contributed by atoms with Gasteiger partial charge in [0, 0.05) is 62.1 Å². The predicted molar refractivity (Wildman–Crippen MR) is 174 cm³/mol. The maximum absolute atomic E-state index is 12.6. The lowest BCUT2D eigenvalue weighted by Crippen LogP contribution is -2.36. The lowest BCUT2D eigenvalue weighted by atomic mass is 10.0. The summed E-state index contributed by atoms with van der Waals surface area (Å²) in [7, 11) is 0. The van der Waals surface area contributed by atoms with Crippen molar-refractivity contribution in [1.82, 2.24) is 21.3 Å². The van der Waals surface area contributed by atoms with Crippen LogP contribution in [0.5, 0.6) is 0 Å². The number of benzene rings is 1. The number of nitrogens with one attached hydrogen (secondary N) is 4. The van der Waals surface area contributed by atoms with Crippen LogP contribution in [0.15, 0.2) is 18.2 Å². The van der Waals surface area contributed by atoms with E-state index in [1.165, 1.54) is 0 Å². The first-order valence-corrected chi connectivity index (χ1v) is 17.3. The zero-order valence-electron chi connectivity index (χ0n) is 26.6. The minimum absolute atomic E-state index is 0.0637. The number of rotatable bonds is 21. The van der Waals surface area contributed by atoms with Crippen LogP contribution in [-0.2, 0) is 28.6 Å².